The van der Waals surface area contributed by atoms with Crippen molar-refractivity contribution in [3.8, 4) is 0 Å². The summed E-state index contributed by atoms with van der Waals surface area (Å²) >= 11 is 3.79. The Hall–Kier alpha value is 0.400. The van der Waals surface area contributed by atoms with Gasteiger partial charge in [0.25, 0.3) is 0 Å². The Morgan fingerprint density at radius 1 is 0.947 bits per heavy atom. The van der Waals surface area contributed by atoms with E-state index in [0.717, 1.165) is 5.33 Å². The van der Waals surface area contributed by atoms with Crippen LogP contribution in [0.5, 0.6) is 0 Å². The summed E-state index contributed by atoms with van der Waals surface area (Å²) < 4.78 is 0. The lowest BCUT2D eigenvalue weighted by Gasteiger charge is -2.37. The van der Waals surface area contributed by atoms with Crippen LogP contribution in [0.15, 0.2) is 0 Å². The summed E-state index contributed by atoms with van der Waals surface area (Å²) in [5.41, 5.74) is 0.484. The predicted molar refractivity (Wildman–Crippen MR) is 91.3 cm³/mol. The van der Waals surface area contributed by atoms with Crippen molar-refractivity contribution < 1.29 is 0 Å². The van der Waals surface area contributed by atoms with E-state index in [-0.39, 0.29) is 0 Å². The molecule has 0 N–H and O–H groups in total. The highest BCUT2D eigenvalue weighted by Crippen LogP contribution is 2.33. The van der Waals surface area contributed by atoms with Gasteiger partial charge in [-0.3, -0.25) is 0 Å². The highest BCUT2D eigenvalue weighted by atomic mass is 79.9. The first kappa shape index (κ1) is 19.4. The van der Waals surface area contributed by atoms with E-state index in [1.807, 2.05) is 0 Å². The summed E-state index contributed by atoms with van der Waals surface area (Å²) in [7, 11) is 4.32. The molecule has 0 amide bonds. The first-order chi connectivity index (χ1) is 9.03. The van der Waals surface area contributed by atoms with Crippen LogP contribution >= 0.6 is 15.9 Å². The molecular formula is C16H35BrN2. The van der Waals surface area contributed by atoms with E-state index in [4.69, 9.17) is 0 Å². The van der Waals surface area contributed by atoms with E-state index in [1.165, 1.54) is 58.3 Å². The highest BCUT2D eigenvalue weighted by molar-refractivity contribution is 9.09. The standard InChI is InChI=1S/C16H35BrN2/c1-6-10-16(14-17,11-7-2)15-19(8-3)13-9-12-18(4)5/h6-15H2,1-5H3. The van der Waals surface area contributed by atoms with Crippen LogP contribution in [0.4, 0.5) is 0 Å². The van der Waals surface area contributed by atoms with Gasteiger partial charge in [0, 0.05) is 11.9 Å². The van der Waals surface area contributed by atoms with Crippen LogP contribution in [0.2, 0.25) is 0 Å². The number of hydrogen-bond acceptors (Lipinski definition) is 2. The van der Waals surface area contributed by atoms with Crippen LogP contribution in [0.1, 0.15) is 52.9 Å². The molecule has 2 nitrogen and oxygen atoms in total. The molecule has 116 valence electrons. The van der Waals surface area contributed by atoms with Gasteiger partial charge in [0.2, 0.25) is 0 Å². The number of halogens is 1. The molecule has 0 bridgehead atoms. The first-order valence-electron chi connectivity index (χ1n) is 7.96. The molecule has 0 aromatic carbocycles. The van der Waals surface area contributed by atoms with Gasteiger partial charge >= 0.3 is 0 Å². The average Bonchev–Trinajstić information content (AvgIpc) is 2.37. The maximum absolute atomic E-state index is 3.79. The van der Waals surface area contributed by atoms with Crippen LogP contribution in [0, 0.1) is 5.41 Å². The Morgan fingerprint density at radius 2 is 1.53 bits per heavy atom. The van der Waals surface area contributed by atoms with Crippen LogP contribution in [-0.4, -0.2) is 55.4 Å². The lowest BCUT2D eigenvalue weighted by molar-refractivity contribution is 0.148. The van der Waals surface area contributed by atoms with Gasteiger partial charge < -0.3 is 9.80 Å². The third kappa shape index (κ3) is 8.31. The van der Waals surface area contributed by atoms with E-state index in [1.54, 1.807) is 0 Å². The molecule has 3 heteroatoms. The zero-order valence-corrected chi connectivity index (χ0v) is 15.4. The van der Waals surface area contributed by atoms with E-state index >= 15 is 0 Å². The topological polar surface area (TPSA) is 6.48 Å². The first-order valence-corrected chi connectivity index (χ1v) is 9.08. The van der Waals surface area contributed by atoms with Crippen molar-refractivity contribution in [1.82, 2.24) is 9.80 Å². The van der Waals surface area contributed by atoms with Gasteiger partial charge in [0.1, 0.15) is 0 Å². The van der Waals surface area contributed by atoms with Crippen molar-refractivity contribution in [2.45, 2.75) is 52.9 Å². The molecule has 0 aliphatic carbocycles. The molecule has 0 atom stereocenters. The smallest absolute Gasteiger partial charge is 0.0100 e. The molecule has 0 saturated heterocycles. The van der Waals surface area contributed by atoms with E-state index in [0.29, 0.717) is 5.41 Å². The number of alkyl halides is 1. The molecule has 0 radical (unpaired) electrons. The molecule has 19 heavy (non-hydrogen) atoms. The van der Waals surface area contributed by atoms with Crippen LogP contribution < -0.4 is 0 Å². The molecule has 0 aromatic rings. The van der Waals surface area contributed by atoms with Crippen LogP contribution in [-0.2, 0) is 0 Å². The minimum absolute atomic E-state index is 0.484. The maximum atomic E-state index is 3.79. The molecule has 0 heterocycles. The fraction of sp³-hybridized carbons (Fsp3) is 1.00. The minimum Gasteiger partial charge on any atom is -0.309 e. The average molecular weight is 335 g/mol. The summed E-state index contributed by atoms with van der Waals surface area (Å²) in [4.78, 5) is 4.93. The van der Waals surface area contributed by atoms with Gasteiger partial charge in [-0.05, 0) is 58.4 Å². The van der Waals surface area contributed by atoms with E-state index in [2.05, 4.69) is 60.6 Å². The zero-order chi connectivity index (χ0) is 14.7. The Kier molecular flexibility index (Phi) is 11.3. The molecule has 0 aliphatic rings. The summed E-state index contributed by atoms with van der Waals surface area (Å²) in [5.74, 6) is 0. The molecular weight excluding hydrogens is 300 g/mol. The third-order valence-electron chi connectivity index (χ3n) is 3.93. The SMILES string of the molecule is CCCC(CBr)(CCC)CN(CC)CCCN(C)C. The van der Waals surface area contributed by atoms with Crippen molar-refractivity contribution in [2.75, 3.05) is 45.6 Å². The van der Waals surface area contributed by atoms with E-state index in [9.17, 15) is 0 Å². The van der Waals surface area contributed by atoms with E-state index < -0.39 is 0 Å². The number of hydrogen-bond donors (Lipinski definition) is 0. The molecule has 0 aliphatic heterocycles. The Labute approximate surface area is 130 Å². The quantitative estimate of drug-likeness (QED) is 0.492. The van der Waals surface area contributed by atoms with Gasteiger partial charge in [-0.25, -0.2) is 0 Å². The summed E-state index contributed by atoms with van der Waals surface area (Å²) in [6.07, 6.45) is 6.55. The van der Waals surface area contributed by atoms with Gasteiger partial charge in [-0.1, -0.05) is 49.5 Å². The van der Waals surface area contributed by atoms with Crippen molar-refractivity contribution in [2.24, 2.45) is 5.41 Å². The maximum Gasteiger partial charge on any atom is 0.0100 e. The fourth-order valence-corrected chi connectivity index (χ4v) is 3.69. The second-order valence-electron chi connectivity index (χ2n) is 6.16. The molecule has 0 saturated carbocycles. The molecule has 0 unspecified atom stereocenters. The van der Waals surface area contributed by atoms with Gasteiger partial charge in [0.15, 0.2) is 0 Å². The van der Waals surface area contributed by atoms with Crippen LogP contribution in [0.3, 0.4) is 0 Å². The van der Waals surface area contributed by atoms with Gasteiger partial charge in [-0.15, -0.1) is 0 Å². The van der Waals surface area contributed by atoms with Crippen molar-refractivity contribution >= 4 is 15.9 Å². The second kappa shape index (κ2) is 11.1. The van der Waals surface area contributed by atoms with Crippen LogP contribution in [0.25, 0.3) is 0 Å². The summed E-state index contributed by atoms with van der Waals surface area (Å²) in [6, 6.07) is 0. The monoisotopic (exact) mass is 334 g/mol. The summed E-state index contributed by atoms with van der Waals surface area (Å²) in [6.45, 7) is 11.8. The molecule has 0 rings (SSSR count). The summed E-state index contributed by atoms with van der Waals surface area (Å²) in [5, 5.41) is 1.14. The third-order valence-corrected chi connectivity index (χ3v) is 5.12. The Bertz CT molecular complexity index is 201. The highest BCUT2D eigenvalue weighted by Gasteiger charge is 2.29. The zero-order valence-electron chi connectivity index (χ0n) is 13.8. The molecule has 0 spiro atoms. The number of nitrogens with zero attached hydrogens (tertiary/aromatic N) is 2. The Balaban J connectivity index is 4.41. The Morgan fingerprint density at radius 3 is 1.89 bits per heavy atom. The molecule has 0 aromatic heterocycles. The van der Waals surface area contributed by atoms with Crippen molar-refractivity contribution in [1.29, 1.82) is 0 Å². The van der Waals surface area contributed by atoms with Gasteiger partial charge in [-0.2, -0.15) is 0 Å². The van der Waals surface area contributed by atoms with Crippen molar-refractivity contribution in [3.05, 3.63) is 0 Å². The largest absolute Gasteiger partial charge is 0.309 e. The minimum atomic E-state index is 0.484. The normalized spacial score (nSPS) is 12.6. The van der Waals surface area contributed by atoms with Gasteiger partial charge in [0.05, 0.1) is 0 Å². The lowest BCUT2D eigenvalue weighted by atomic mass is 9.80. The fourth-order valence-electron chi connectivity index (χ4n) is 2.95. The second-order valence-corrected chi connectivity index (χ2v) is 6.72. The molecule has 0 fully saturated rings. The predicted octanol–water partition coefficient (Wildman–Crippen LogP) is 4.24. The van der Waals surface area contributed by atoms with Crippen molar-refractivity contribution in [3.63, 3.8) is 0 Å². The number of rotatable bonds is 12. The lowest BCUT2D eigenvalue weighted by Crippen LogP contribution is -2.40.